The third kappa shape index (κ3) is 3.79. The highest BCUT2D eigenvalue weighted by Crippen LogP contribution is 1.88. The van der Waals surface area contributed by atoms with E-state index in [9.17, 15) is 4.80 Å². The lowest BCUT2D eigenvalue weighted by atomic mass is 10.4. The van der Waals surface area contributed by atoms with Gasteiger partial charge in [-0.1, -0.05) is 30.3 Å². The second-order valence-corrected chi connectivity index (χ2v) is 7.20. The molecular formula is C7H13NO2Si2. The van der Waals surface area contributed by atoms with Crippen LogP contribution < -0.4 is 10.6 Å². The average molecular weight is 199 g/mol. The van der Waals surface area contributed by atoms with Gasteiger partial charge in [-0.05, 0) is 11.7 Å². The van der Waals surface area contributed by atoms with Crippen LogP contribution in [0, 0.1) is 0 Å². The summed E-state index contributed by atoms with van der Waals surface area (Å²) in [5, 5.41) is 6.55. The first-order valence-corrected chi connectivity index (χ1v) is 7.49. The fraction of sp³-hybridized carbons (Fsp3) is 0.143. The zero-order valence-corrected chi connectivity index (χ0v) is 9.44. The summed E-state index contributed by atoms with van der Waals surface area (Å²) >= 11 is 0. The molecule has 0 saturated heterocycles. The van der Waals surface area contributed by atoms with Gasteiger partial charge in [0.2, 0.25) is 0 Å². The Morgan fingerprint density at radius 2 is 2.00 bits per heavy atom. The van der Waals surface area contributed by atoms with Crippen LogP contribution in [0.5, 0.6) is 0 Å². The molecule has 1 unspecified atom stereocenters. The molecule has 1 atom stereocenters. The summed E-state index contributed by atoms with van der Waals surface area (Å²) in [7, 11) is -3.61. The van der Waals surface area contributed by atoms with Gasteiger partial charge < -0.3 is 14.3 Å². The molecule has 0 saturated carbocycles. The maximum absolute atomic E-state index is 9.21. The molecule has 0 heterocycles. The van der Waals surface area contributed by atoms with Gasteiger partial charge in [-0.25, -0.2) is 0 Å². The van der Waals surface area contributed by atoms with E-state index in [4.69, 9.17) is 9.51 Å². The first-order chi connectivity index (χ1) is 5.58. The topological polar surface area (TPSA) is 55.5 Å². The lowest BCUT2D eigenvalue weighted by Gasteiger charge is -2.13. The Labute approximate surface area is 75.4 Å². The number of nitrogens with two attached hydrogens (primary N) is 1. The van der Waals surface area contributed by atoms with Crippen LogP contribution >= 0.6 is 0 Å². The normalized spacial score (nSPS) is 16.6. The predicted octanol–water partition coefficient (Wildman–Crippen LogP) is -1.07. The van der Waals surface area contributed by atoms with Crippen LogP contribution in [0.4, 0.5) is 0 Å². The lowest BCUT2D eigenvalue weighted by molar-refractivity contribution is 0.398. The highest BCUT2D eigenvalue weighted by Gasteiger charge is 2.19. The van der Waals surface area contributed by atoms with Crippen molar-refractivity contribution in [1.82, 2.24) is 0 Å². The Bertz CT molecular complexity index is 235. The second kappa shape index (κ2) is 3.97. The number of hydrogen-bond acceptors (Lipinski definition) is 3. The van der Waals surface area contributed by atoms with Crippen LogP contribution in [0.2, 0.25) is 6.55 Å². The Kier molecular flexibility index (Phi) is 3.18. The van der Waals surface area contributed by atoms with E-state index in [1.54, 1.807) is 6.55 Å². The van der Waals surface area contributed by atoms with E-state index >= 15 is 0 Å². The fourth-order valence-corrected chi connectivity index (χ4v) is 3.10. The molecule has 3 nitrogen and oxygen atoms in total. The lowest BCUT2D eigenvalue weighted by Crippen LogP contribution is -2.48. The summed E-state index contributed by atoms with van der Waals surface area (Å²) < 4.78 is 5.23. The zero-order valence-electron chi connectivity index (χ0n) is 7.03. The summed E-state index contributed by atoms with van der Waals surface area (Å²) in [6.45, 7) is 1.57. The van der Waals surface area contributed by atoms with Crippen molar-refractivity contribution in [1.29, 1.82) is 0 Å². The van der Waals surface area contributed by atoms with E-state index in [-0.39, 0.29) is 0 Å². The summed E-state index contributed by atoms with van der Waals surface area (Å²) in [5.41, 5.74) is 0. The molecule has 0 aliphatic rings. The van der Waals surface area contributed by atoms with Gasteiger partial charge in [-0.15, -0.1) is 0 Å². The van der Waals surface area contributed by atoms with E-state index in [2.05, 4.69) is 0 Å². The summed E-state index contributed by atoms with van der Waals surface area (Å²) in [6.07, 6.45) is 0. The molecular weight excluding hydrogens is 186 g/mol. The number of hydrogen-bond donors (Lipinski definition) is 2. The van der Waals surface area contributed by atoms with Crippen molar-refractivity contribution in [2.45, 2.75) is 6.55 Å². The Morgan fingerprint density at radius 3 is 2.50 bits per heavy atom. The summed E-state index contributed by atoms with van der Waals surface area (Å²) in [4.78, 5) is 9.21. The molecule has 0 aromatic heterocycles. The van der Waals surface area contributed by atoms with Crippen molar-refractivity contribution in [3.05, 3.63) is 30.3 Å². The summed E-state index contributed by atoms with van der Waals surface area (Å²) in [5.74, 6) is 0. The smallest absolute Gasteiger partial charge is 0.405 e. The van der Waals surface area contributed by atoms with E-state index in [0.29, 0.717) is 0 Å². The first kappa shape index (κ1) is 9.62. The second-order valence-electron chi connectivity index (χ2n) is 2.83. The molecule has 0 bridgehead atoms. The minimum absolute atomic E-state index is 0.829. The molecule has 66 valence electrons. The van der Waals surface area contributed by atoms with Crippen LogP contribution in [-0.2, 0) is 4.12 Å². The molecule has 1 rings (SSSR count). The number of rotatable bonds is 3. The van der Waals surface area contributed by atoms with Gasteiger partial charge in [0, 0.05) is 0 Å². The first-order valence-electron chi connectivity index (χ1n) is 3.77. The van der Waals surface area contributed by atoms with Crippen LogP contribution in [0.3, 0.4) is 0 Å². The van der Waals surface area contributed by atoms with Crippen molar-refractivity contribution in [2.75, 3.05) is 0 Å². The monoisotopic (exact) mass is 199 g/mol. The van der Waals surface area contributed by atoms with E-state index in [1.165, 1.54) is 0 Å². The van der Waals surface area contributed by atoms with E-state index in [1.807, 2.05) is 30.3 Å². The molecule has 1 aromatic carbocycles. The molecule has 3 N–H and O–H groups in total. The maximum Gasteiger partial charge on any atom is 0.405 e. The molecule has 12 heavy (non-hydrogen) atoms. The number of benzene rings is 1. The quantitative estimate of drug-likeness (QED) is 0.610. The molecule has 5 heteroatoms. The minimum atomic E-state index is -2.78. The third-order valence-corrected chi connectivity index (χ3v) is 5.09. The van der Waals surface area contributed by atoms with Crippen LogP contribution in [0.15, 0.2) is 30.3 Å². The van der Waals surface area contributed by atoms with Gasteiger partial charge in [-0.2, -0.15) is 0 Å². The predicted molar refractivity (Wildman–Crippen MR) is 53.7 cm³/mol. The van der Waals surface area contributed by atoms with Crippen LogP contribution in [0.25, 0.3) is 0 Å². The van der Waals surface area contributed by atoms with Gasteiger partial charge in [0.25, 0.3) is 0 Å². The van der Waals surface area contributed by atoms with Crippen molar-refractivity contribution in [2.24, 2.45) is 5.40 Å². The maximum atomic E-state index is 9.21. The Morgan fingerprint density at radius 1 is 1.42 bits per heavy atom. The van der Waals surface area contributed by atoms with Gasteiger partial charge in [0.05, 0.1) is 0 Å². The van der Waals surface area contributed by atoms with Gasteiger partial charge in [-0.3, -0.25) is 0 Å². The van der Waals surface area contributed by atoms with Crippen molar-refractivity contribution in [3.63, 3.8) is 0 Å². The standard InChI is InChI=1S/C7H13NO2Si2/c1-12(8,9)10-11-7-5-3-2-4-6-7/h2-6,9H,8,11H2,1H3. The molecule has 0 aliphatic heterocycles. The van der Waals surface area contributed by atoms with Crippen molar-refractivity contribution >= 4 is 23.7 Å². The molecule has 0 spiro atoms. The minimum Gasteiger partial charge on any atom is -0.426 e. The van der Waals surface area contributed by atoms with Crippen molar-refractivity contribution < 1.29 is 8.91 Å². The van der Waals surface area contributed by atoms with E-state index in [0.717, 1.165) is 5.19 Å². The SMILES string of the molecule is C[Si](N)(O)O[SiH2]c1ccccc1. The van der Waals surface area contributed by atoms with Crippen LogP contribution in [-0.4, -0.2) is 23.3 Å². The van der Waals surface area contributed by atoms with Gasteiger partial charge in [0.1, 0.15) is 0 Å². The third-order valence-electron chi connectivity index (χ3n) is 1.37. The average Bonchev–Trinajstić information content (AvgIpc) is 2.02. The highest BCUT2D eigenvalue weighted by atomic mass is 28.4. The Hall–Kier alpha value is -0.466. The summed E-state index contributed by atoms with van der Waals surface area (Å²) in [6, 6.07) is 9.85. The molecule has 1 aromatic rings. The fourth-order valence-electron chi connectivity index (χ4n) is 0.804. The molecule has 0 fully saturated rings. The van der Waals surface area contributed by atoms with E-state index < -0.39 is 18.5 Å². The highest BCUT2D eigenvalue weighted by molar-refractivity contribution is 6.69. The van der Waals surface area contributed by atoms with Gasteiger partial charge in [0.15, 0.2) is 9.76 Å². The molecule has 0 amide bonds. The molecule has 0 aliphatic carbocycles. The molecule has 0 radical (unpaired) electrons. The largest absolute Gasteiger partial charge is 0.426 e. The van der Waals surface area contributed by atoms with Gasteiger partial charge >= 0.3 is 8.72 Å². The van der Waals surface area contributed by atoms with Crippen LogP contribution in [0.1, 0.15) is 0 Å². The Balaban J connectivity index is 2.44. The zero-order chi connectivity index (χ0) is 9.03. The van der Waals surface area contributed by atoms with Crippen molar-refractivity contribution in [3.8, 4) is 0 Å².